The molecular weight excluding hydrogens is 172 g/mol. The van der Waals surface area contributed by atoms with Crippen LogP contribution in [0.3, 0.4) is 0 Å². The minimum atomic E-state index is -1.04. The van der Waals surface area contributed by atoms with Crippen molar-refractivity contribution in [2.24, 2.45) is 0 Å². The summed E-state index contributed by atoms with van der Waals surface area (Å²) in [6.07, 6.45) is 2.97. The fourth-order valence-electron chi connectivity index (χ4n) is 0.637. The van der Waals surface area contributed by atoms with Gasteiger partial charge in [-0.1, -0.05) is 19.1 Å². The third-order valence-electron chi connectivity index (χ3n) is 1.53. The average molecular weight is 184 g/mol. The van der Waals surface area contributed by atoms with Gasteiger partial charge in [0.2, 0.25) is 0 Å². The number of carboxylic acid groups (broad SMARTS) is 2. The van der Waals surface area contributed by atoms with Crippen LogP contribution in [0.25, 0.3) is 0 Å². The molecule has 0 unspecified atom stereocenters. The zero-order valence-electron chi connectivity index (χ0n) is 7.57. The van der Waals surface area contributed by atoms with E-state index in [4.69, 9.17) is 10.2 Å². The van der Waals surface area contributed by atoms with Crippen LogP contribution in [0.1, 0.15) is 20.3 Å². The third kappa shape index (κ3) is 4.10. The lowest BCUT2D eigenvalue weighted by molar-refractivity contribution is -0.133. The van der Waals surface area contributed by atoms with Crippen LogP contribution in [-0.4, -0.2) is 22.2 Å². The monoisotopic (exact) mass is 184 g/mol. The Kier molecular flexibility index (Phi) is 4.51. The van der Waals surface area contributed by atoms with Gasteiger partial charge in [0.15, 0.2) is 0 Å². The normalized spacial score (nSPS) is 12.8. The van der Waals surface area contributed by atoms with Crippen molar-refractivity contribution in [3.05, 3.63) is 23.3 Å². The predicted octanol–water partition coefficient (Wildman–Crippen LogP) is 1.44. The van der Waals surface area contributed by atoms with E-state index < -0.39 is 11.9 Å². The molecule has 13 heavy (non-hydrogen) atoms. The molecule has 0 heterocycles. The maximum Gasteiger partial charge on any atom is 0.331 e. The van der Waals surface area contributed by atoms with Gasteiger partial charge in [0.05, 0.1) is 0 Å². The van der Waals surface area contributed by atoms with Gasteiger partial charge in [-0.05, 0) is 13.3 Å². The van der Waals surface area contributed by atoms with Crippen LogP contribution in [-0.2, 0) is 9.59 Å². The van der Waals surface area contributed by atoms with Crippen molar-refractivity contribution >= 4 is 11.9 Å². The highest BCUT2D eigenvalue weighted by Gasteiger charge is 2.03. The zero-order valence-corrected chi connectivity index (χ0v) is 7.57. The summed E-state index contributed by atoms with van der Waals surface area (Å²) in [6, 6.07) is 0. The Morgan fingerprint density at radius 2 is 1.69 bits per heavy atom. The standard InChI is InChI=1S/C9H12O4/c1-3-7(9(12)13)5-4-6(2)8(10)11/h4-5H,3H2,1-2H3,(H,10,11)(H,12,13)/b6-4+,7-5+. The van der Waals surface area contributed by atoms with Gasteiger partial charge in [0.25, 0.3) is 0 Å². The largest absolute Gasteiger partial charge is 0.478 e. The Morgan fingerprint density at radius 1 is 1.15 bits per heavy atom. The van der Waals surface area contributed by atoms with E-state index in [-0.39, 0.29) is 11.1 Å². The highest BCUT2D eigenvalue weighted by atomic mass is 16.4. The summed E-state index contributed by atoms with van der Waals surface area (Å²) >= 11 is 0. The Balaban J connectivity index is 4.64. The Morgan fingerprint density at radius 3 is 2.00 bits per heavy atom. The lowest BCUT2D eigenvalue weighted by Gasteiger charge is -1.94. The molecule has 0 aromatic rings. The van der Waals surface area contributed by atoms with Crippen LogP contribution < -0.4 is 0 Å². The molecular formula is C9H12O4. The van der Waals surface area contributed by atoms with Crippen molar-refractivity contribution in [2.75, 3.05) is 0 Å². The first-order valence-corrected chi connectivity index (χ1v) is 3.83. The molecule has 0 spiro atoms. The molecule has 0 amide bonds. The molecule has 0 aromatic heterocycles. The second-order valence-corrected chi connectivity index (χ2v) is 2.51. The van der Waals surface area contributed by atoms with Crippen LogP contribution >= 0.6 is 0 Å². The zero-order chi connectivity index (χ0) is 10.4. The first-order chi connectivity index (χ1) is 5.99. The number of hydrogen-bond acceptors (Lipinski definition) is 2. The van der Waals surface area contributed by atoms with Crippen LogP contribution in [0.5, 0.6) is 0 Å². The van der Waals surface area contributed by atoms with E-state index in [1.807, 2.05) is 0 Å². The first-order valence-electron chi connectivity index (χ1n) is 3.83. The fraction of sp³-hybridized carbons (Fsp3) is 0.333. The maximum absolute atomic E-state index is 10.5. The van der Waals surface area contributed by atoms with Gasteiger partial charge in [0.1, 0.15) is 0 Å². The molecule has 0 saturated carbocycles. The first kappa shape index (κ1) is 11.4. The van der Waals surface area contributed by atoms with Gasteiger partial charge in [-0.25, -0.2) is 9.59 Å². The highest BCUT2D eigenvalue weighted by Crippen LogP contribution is 2.02. The smallest absolute Gasteiger partial charge is 0.331 e. The minimum Gasteiger partial charge on any atom is -0.478 e. The molecule has 72 valence electrons. The van der Waals surface area contributed by atoms with Gasteiger partial charge in [0, 0.05) is 11.1 Å². The molecule has 0 radical (unpaired) electrons. The van der Waals surface area contributed by atoms with Crippen molar-refractivity contribution in [3.63, 3.8) is 0 Å². The second kappa shape index (κ2) is 5.13. The number of rotatable bonds is 4. The lowest BCUT2D eigenvalue weighted by Crippen LogP contribution is -1.99. The van der Waals surface area contributed by atoms with Crippen molar-refractivity contribution in [1.82, 2.24) is 0 Å². The molecule has 0 fully saturated rings. The quantitative estimate of drug-likeness (QED) is 0.512. The Hall–Kier alpha value is -1.58. The summed E-state index contributed by atoms with van der Waals surface area (Å²) in [6.45, 7) is 3.11. The summed E-state index contributed by atoms with van der Waals surface area (Å²) in [5.74, 6) is -2.06. The summed E-state index contributed by atoms with van der Waals surface area (Å²) in [5, 5.41) is 17.0. The van der Waals surface area contributed by atoms with Crippen LogP contribution in [0.4, 0.5) is 0 Å². The molecule has 0 aromatic carbocycles. The lowest BCUT2D eigenvalue weighted by atomic mass is 10.1. The van der Waals surface area contributed by atoms with E-state index in [2.05, 4.69) is 0 Å². The van der Waals surface area contributed by atoms with Gasteiger partial charge in [-0.3, -0.25) is 0 Å². The number of hydrogen-bond donors (Lipinski definition) is 2. The fourth-order valence-corrected chi connectivity index (χ4v) is 0.637. The molecule has 0 saturated heterocycles. The molecule has 0 rings (SSSR count). The summed E-state index contributed by atoms with van der Waals surface area (Å²) in [7, 11) is 0. The topological polar surface area (TPSA) is 74.6 Å². The van der Waals surface area contributed by atoms with Crippen molar-refractivity contribution in [3.8, 4) is 0 Å². The van der Waals surface area contributed by atoms with Gasteiger partial charge >= 0.3 is 11.9 Å². The molecule has 0 aliphatic rings. The highest BCUT2D eigenvalue weighted by molar-refractivity contribution is 5.89. The van der Waals surface area contributed by atoms with Crippen molar-refractivity contribution < 1.29 is 19.8 Å². The second-order valence-electron chi connectivity index (χ2n) is 2.51. The van der Waals surface area contributed by atoms with Gasteiger partial charge in [-0.2, -0.15) is 0 Å². The van der Waals surface area contributed by atoms with E-state index in [1.165, 1.54) is 19.1 Å². The van der Waals surface area contributed by atoms with Crippen molar-refractivity contribution in [2.45, 2.75) is 20.3 Å². The van der Waals surface area contributed by atoms with E-state index in [0.29, 0.717) is 6.42 Å². The predicted molar refractivity (Wildman–Crippen MR) is 47.4 cm³/mol. The summed E-state index contributed by atoms with van der Waals surface area (Å²) < 4.78 is 0. The van der Waals surface area contributed by atoms with Crippen LogP contribution in [0.15, 0.2) is 23.3 Å². The van der Waals surface area contributed by atoms with Crippen LogP contribution in [0, 0.1) is 0 Å². The molecule has 0 aliphatic carbocycles. The molecule has 0 atom stereocenters. The van der Waals surface area contributed by atoms with Gasteiger partial charge < -0.3 is 10.2 Å². The molecule has 0 bridgehead atoms. The summed E-state index contributed by atoms with van der Waals surface area (Å²) in [4.78, 5) is 20.8. The van der Waals surface area contributed by atoms with Gasteiger partial charge in [-0.15, -0.1) is 0 Å². The number of aliphatic carboxylic acids is 2. The van der Waals surface area contributed by atoms with Crippen molar-refractivity contribution in [1.29, 1.82) is 0 Å². The Labute approximate surface area is 76.2 Å². The molecule has 2 N–H and O–H groups in total. The number of carbonyl (C=O) groups is 2. The Bertz CT molecular complexity index is 273. The number of allylic oxidation sites excluding steroid dienone is 2. The summed E-state index contributed by atoms with van der Waals surface area (Å²) in [5.41, 5.74) is 0.313. The van der Waals surface area contributed by atoms with E-state index in [9.17, 15) is 9.59 Å². The number of carboxylic acids is 2. The molecule has 4 nitrogen and oxygen atoms in total. The maximum atomic E-state index is 10.5. The van der Waals surface area contributed by atoms with Crippen LogP contribution in [0.2, 0.25) is 0 Å². The van der Waals surface area contributed by atoms with E-state index >= 15 is 0 Å². The molecule has 4 heteroatoms. The third-order valence-corrected chi connectivity index (χ3v) is 1.53. The van der Waals surface area contributed by atoms with E-state index in [0.717, 1.165) is 0 Å². The van der Waals surface area contributed by atoms with E-state index in [1.54, 1.807) is 6.92 Å². The molecule has 0 aliphatic heterocycles. The SMILES string of the molecule is CC/C(=C\C=C(/C)C(=O)O)C(=O)O. The average Bonchev–Trinajstić information content (AvgIpc) is 2.04. The minimum absolute atomic E-state index is 0.118.